The molecule has 5 nitrogen and oxygen atoms in total. The maximum Gasteiger partial charge on any atom is 0.134 e. The first kappa shape index (κ1) is 15.7. The maximum absolute atomic E-state index is 5.14. The summed E-state index contributed by atoms with van der Waals surface area (Å²) in [5.41, 5.74) is 2.17. The van der Waals surface area contributed by atoms with Gasteiger partial charge in [0.05, 0.1) is 25.3 Å². The van der Waals surface area contributed by atoms with Crippen molar-refractivity contribution in [3.63, 3.8) is 0 Å². The van der Waals surface area contributed by atoms with Gasteiger partial charge in [-0.25, -0.2) is 0 Å². The molecule has 5 heteroatoms. The number of nitrogens with one attached hydrogen (secondary N) is 1. The normalized spacial score (nSPS) is 20.4. The second-order valence-electron chi connectivity index (χ2n) is 5.23. The van der Waals surface area contributed by atoms with Crippen LogP contribution < -0.4 is 5.32 Å². The van der Waals surface area contributed by atoms with Crippen LogP contribution >= 0.6 is 0 Å². The summed E-state index contributed by atoms with van der Waals surface area (Å²) >= 11 is 0. The lowest BCUT2D eigenvalue weighted by Crippen LogP contribution is -2.26. The fraction of sp³-hybridized carbons (Fsp3) is 0.500. The standard InChI is InChI=1S/C16H23N3O2/c1-11(9-20-3)17-15-13-7-5-6-8-14(13)16(19-15)18-12(2)10-21-4/h5-8,11-12H,9-10H2,1-4H3,(H,17,18,19). The number of fused-ring (bicyclic) bond motifs is 1. The van der Waals surface area contributed by atoms with E-state index in [0.29, 0.717) is 13.2 Å². The molecule has 1 aliphatic rings. The van der Waals surface area contributed by atoms with Crippen LogP contribution in [0.25, 0.3) is 0 Å². The molecule has 2 rings (SSSR count). The molecule has 114 valence electrons. The summed E-state index contributed by atoms with van der Waals surface area (Å²) in [7, 11) is 3.37. The lowest BCUT2D eigenvalue weighted by Gasteiger charge is -2.08. The van der Waals surface area contributed by atoms with E-state index in [-0.39, 0.29) is 12.1 Å². The second kappa shape index (κ2) is 7.33. The van der Waals surface area contributed by atoms with Gasteiger partial charge >= 0.3 is 0 Å². The predicted molar refractivity (Wildman–Crippen MR) is 85.3 cm³/mol. The molecule has 1 aromatic rings. The minimum atomic E-state index is 0.0984. The van der Waals surface area contributed by atoms with E-state index in [1.54, 1.807) is 14.2 Å². The molecule has 1 aromatic carbocycles. The zero-order valence-electron chi connectivity index (χ0n) is 13.1. The fourth-order valence-electron chi connectivity index (χ4n) is 2.34. The van der Waals surface area contributed by atoms with Crippen LogP contribution in [0.2, 0.25) is 0 Å². The minimum absolute atomic E-state index is 0.0984. The summed E-state index contributed by atoms with van der Waals surface area (Å²) in [5, 5.41) is 3.32. The third-order valence-electron chi connectivity index (χ3n) is 3.19. The molecule has 0 saturated heterocycles. The van der Waals surface area contributed by atoms with Crippen molar-refractivity contribution in [1.82, 2.24) is 5.32 Å². The van der Waals surface area contributed by atoms with Gasteiger partial charge in [-0.1, -0.05) is 24.3 Å². The highest BCUT2D eigenvalue weighted by Crippen LogP contribution is 2.17. The molecule has 0 amide bonds. The van der Waals surface area contributed by atoms with Crippen molar-refractivity contribution in [1.29, 1.82) is 0 Å². The van der Waals surface area contributed by atoms with Gasteiger partial charge < -0.3 is 14.8 Å². The quantitative estimate of drug-likeness (QED) is 0.869. The lowest BCUT2D eigenvalue weighted by atomic mass is 10.1. The van der Waals surface area contributed by atoms with Crippen molar-refractivity contribution in [3.05, 3.63) is 35.4 Å². The van der Waals surface area contributed by atoms with Crippen molar-refractivity contribution in [3.8, 4) is 0 Å². The first-order valence-electron chi connectivity index (χ1n) is 7.16. The van der Waals surface area contributed by atoms with Crippen molar-refractivity contribution in [2.24, 2.45) is 9.98 Å². The Morgan fingerprint density at radius 1 is 0.905 bits per heavy atom. The van der Waals surface area contributed by atoms with Crippen LogP contribution in [0.15, 0.2) is 34.3 Å². The Morgan fingerprint density at radius 3 is 1.71 bits per heavy atom. The number of ether oxygens (including phenoxy) is 2. The Bertz CT molecular complexity index is 493. The molecule has 0 fully saturated rings. The first-order chi connectivity index (χ1) is 10.2. The fourth-order valence-corrected chi connectivity index (χ4v) is 2.34. The Morgan fingerprint density at radius 2 is 1.33 bits per heavy atom. The van der Waals surface area contributed by atoms with Crippen molar-refractivity contribution in [2.75, 3.05) is 27.4 Å². The molecule has 1 aliphatic heterocycles. The largest absolute Gasteiger partial charge is 0.382 e. The number of amidine groups is 2. The third-order valence-corrected chi connectivity index (χ3v) is 3.19. The molecule has 0 saturated carbocycles. The maximum atomic E-state index is 5.14. The summed E-state index contributed by atoms with van der Waals surface area (Å²) < 4.78 is 10.3. The predicted octanol–water partition coefficient (Wildman–Crippen LogP) is 1.85. The van der Waals surface area contributed by atoms with E-state index in [4.69, 9.17) is 9.47 Å². The van der Waals surface area contributed by atoms with Gasteiger partial charge in [0.2, 0.25) is 0 Å². The van der Waals surface area contributed by atoms with Crippen LogP contribution in [-0.4, -0.2) is 51.2 Å². The monoisotopic (exact) mass is 289 g/mol. The number of hydrogen-bond acceptors (Lipinski definition) is 4. The van der Waals surface area contributed by atoms with Gasteiger partial charge in [-0.05, 0) is 13.8 Å². The zero-order valence-corrected chi connectivity index (χ0v) is 13.1. The molecule has 0 aliphatic carbocycles. The van der Waals surface area contributed by atoms with E-state index in [1.807, 2.05) is 26.0 Å². The first-order valence-corrected chi connectivity index (χ1v) is 7.16. The molecule has 2 atom stereocenters. The smallest absolute Gasteiger partial charge is 0.134 e. The number of rotatable bonds is 6. The van der Waals surface area contributed by atoms with Crippen molar-refractivity contribution in [2.45, 2.75) is 25.9 Å². The van der Waals surface area contributed by atoms with E-state index in [9.17, 15) is 0 Å². The van der Waals surface area contributed by atoms with Crippen LogP contribution in [0.4, 0.5) is 0 Å². The van der Waals surface area contributed by atoms with Gasteiger partial charge in [0, 0.05) is 25.3 Å². The Labute approximate surface area is 126 Å². The number of benzene rings is 1. The highest BCUT2D eigenvalue weighted by molar-refractivity contribution is 6.25. The molecule has 1 heterocycles. The Kier molecular flexibility index (Phi) is 5.47. The minimum Gasteiger partial charge on any atom is -0.382 e. The summed E-state index contributed by atoms with van der Waals surface area (Å²) in [6, 6.07) is 8.34. The Balaban J connectivity index is 2.29. The zero-order chi connectivity index (χ0) is 15.2. The van der Waals surface area contributed by atoms with E-state index < -0.39 is 0 Å². The molecule has 21 heavy (non-hydrogen) atoms. The topological polar surface area (TPSA) is 55.2 Å². The van der Waals surface area contributed by atoms with Gasteiger partial charge in [0.25, 0.3) is 0 Å². The molecular weight excluding hydrogens is 266 g/mol. The van der Waals surface area contributed by atoms with E-state index >= 15 is 0 Å². The van der Waals surface area contributed by atoms with E-state index in [2.05, 4.69) is 27.4 Å². The van der Waals surface area contributed by atoms with Gasteiger partial charge in [0.1, 0.15) is 11.7 Å². The van der Waals surface area contributed by atoms with Crippen molar-refractivity contribution >= 4 is 11.7 Å². The number of nitrogens with zero attached hydrogens (tertiary/aromatic N) is 2. The van der Waals surface area contributed by atoms with E-state index in [1.165, 1.54) is 0 Å². The van der Waals surface area contributed by atoms with Gasteiger partial charge in [0.15, 0.2) is 0 Å². The highest BCUT2D eigenvalue weighted by Gasteiger charge is 2.23. The van der Waals surface area contributed by atoms with Crippen LogP contribution in [0, 0.1) is 0 Å². The molecule has 0 aromatic heterocycles. The van der Waals surface area contributed by atoms with Gasteiger partial charge in [-0.2, -0.15) is 0 Å². The molecule has 0 radical (unpaired) electrons. The summed E-state index contributed by atoms with van der Waals surface area (Å²) in [6.45, 7) is 5.26. The molecule has 0 bridgehead atoms. The third kappa shape index (κ3) is 3.89. The number of aliphatic imine (C=N–C) groups is 2. The summed E-state index contributed by atoms with van der Waals surface area (Å²) in [4.78, 5) is 9.36. The summed E-state index contributed by atoms with van der Waals surface area (Å²) in [6.07, 6.45) is 0. The van der Waals surface area contributed by atoms with Crippen LogP contribution in [-0.2, 0) is 9.47 Å². The summed E-state index contributed by atoms with van der Waals surface area (Å²) in [5.74, 6) is 1.72. The average Bonchev–Trinajstić information content (AvgIpc) is 2.78. The number of hydrogen-bond donors (Lipinski definition) is 1. The molecule has 1 N–H and O–H groups in total. The Hall–Kier alpha value is -1.72. The SMILES string of the molecule is COCC(C)N=C1NC(=NC(C)COC)c2ccccc21. The van der Waals surface area contributed by atoms with E-state index in [0.717, 1.165) is 22.8 Å². The van der Waals surface area contributed by atoms with Crippen molar-refractivity contribution < 1.29 is 9.47 Å². The van der Waals surface area contributed by atoms with Crippen LogP contribution in [0.3, 0.4) is 0 Å². The van der Waals surface area contributed by atoms with Gasteiger partial charge in [-0.15, -0.1) is 0 Å². The van der Waals surface area contributed by atoms with Crippen LogP contribution in [0.5, 0.6) is 0 Å². The van der Waals surface area contributed by atoms with Crippen LogP contribution in [0.1, 0.15) is 25.0 Å². The second-order valence-corrected chi connectivity index (χ2v) is 5.23. The number of methoxy groups -OCH3 is 2. The molecular formula is C16H23N3O2. The van der Waals surface area contributed by atoms with Gasteiger partial charge in [-0.3, -0.25) is 9.98 Å². The molecule has 2 unspecified atom stereocenters. The lowest BCUT2D eigenvalue weighted by molar-refractivity contribution is 0.185. The highest BCUT2D eigenvalue weighted by atomic mass is 16.5. The molecule has 0 spiro atoms. The average molecular weight is 289 g/mol.